The van der Waals surface area contributed by atoms with Crippen molar-refractivity contribution in [2.45, 2.75) is 58.9 Å². The van der Waals surface area contributed by atoms with Gasteiger partial charge in [-0.25, -0.2) is 9.59 Å². The van der Waals surface area contributed by atoms with E-state index in [0.717, 1.165) is 25.7 Å². The lowest BCUT2D eigenvalue weighted by molar-refractivity contribution is -0.139. The third-order valence-electron chi connectivity index (χ3n) is 3.67. The predicted octanol–water partition coefficient (Wildman–Crippen LogP) is 2.37. The molecule has 1 unspecified atom stereocenters. The number of hydrogen-bond acceptors (Lipinski definition) is 2. The van der Waals surface area contributed by atoms with Gasteiger partial charge in [0.2, 0.25) is 0 Å². The van der Waals surface area contributed by atoms with Crippen LogP contribution in [0.15, 0.2) is 0 Å². The smallest absolute Gasteiger partial charge is 0.326 e. The van der Waals surface area contributed by atoms with Crippen LogP contribution in [0.4, 0.5) is 4.79 Å². The quantitative estimate of drug-likeness (QED) is 0.633. The number of aliphatic carboxylic acids is 1. The molecule has 0 aliphatic heterocycles. The Morgan fingerprint density at radius 1 is 1.32 bits per heavy atom. The standard InChI is InChI=1S/C14H26N2O3/c1-4-5-14(6-7-14)9-15-13(19)16-11(12(17)18)8-10(2)3/h10-11H,4-9H2,1-3H3,(H,17,18)(H2,15,16,19). The summed E-state index contributed by atoms with van der Waals surface area (Å²) in [4.78, 5) is 22.8. The molecule has 0 aromatic heterocycles. The molecule has 3 N–H and O–H groups in total. The van der Waals surface area contributed by atoms with Crippen molar-refractivity contribution in [2.75, 3.05) is 6.54 Å². The number of carboxylic acid groups (broad SMARTS) is 1. The summed E-state index contributed by atoms with van der Waals surface area (Å²) < 4.78 is 0. The second-order valence-corrected chi connectivity index (χ2v) is 6.10. The number of hydrogen-bond donors (Lipinski definition) is 3. The molecule has 1 fully saturated rings. The minimum Gasteiger partial charge on any atom is -0.480 e. The molecule has 2 amide bonds. The van der Waals surface area contributed by atoms with E-state index in [9.17, 15) is 9.59 Å². The van der Waals surface area contributed by atoms with Crippen LogP contribution in [0.3, 0.4) is 0 Å². The Morgan fingerprint density at radius 2 is 1.95 bits per heavy atom. The zero-order chi connectivity index (χ0) is 14.5. The molecule has 0 aromatic carbocycles. The molecule has 1 aliphatic carbocycles. The van der Waals surface area contributed by atoms with Crippen molar-refractivity contribution in [2.24, 2.45) is 11.3 Å². The van der Waals surface area contributed by atoms with Crippen LogP contribution < -0.4 is 10.6 Å². The predicted molar refractivity (Wildman–Crippen MR) is 74.0 cm³/mol. The third-order valence-corrected chi connectivity index (χ3v) is 3.67. The summed E-state index contributed by atoms with van der Waals surface area (Å²) in [6.07, 6.45) is 5.02. The summed E-state index contributed by atoms with van der Waals surface area (Å²) in [5.41, 5.74) is 0.281. The van der Waals surface area contributed by atoms with Gasteiger partial charge in [-0.15, -0.1) is 0 Å². The Labute approximate surface area is 115 Å². The fourth-order valence-electron chi connectivity index (χ4n) is 2.39. The van der Waals surface area contributed by atoms with Crippen LogP contribution in [0, 0.1) is 11.3 Å². The van der Waals surface area contributed by atoms with E-state index in [-0.39, 0.29) is 17.4 Å². The average Bonchev–Trinajstić information content (AvgIpc) is 3.06. The van der Waals surface area contributed by atoms with Gasteiger partial charge in [0.15, 0.2) is 0 Å². The molecule has 0 saturated heterocycles. The molecule has 19 heavy (non-hydrogen) atoms. The molecular formula is C14H26N2O3. The number of carbonyl (C=O) groups is 2. The van der Waals surface area contributed by atoms with Gasteiger partial charge >= 0.3 is 12.0 Å². The fourth-order valence-corrected chi connectivity index (χ4v) is 2.39. The number of amides is 2. The number of carboxylic acids is 1. The van der Waals surface area contributed by atoms with Crippen molar-refractivity contribution in [3.63, 3.8) is 0 Å². The third kappa shape index (κ3) is 5.49. The molecule has 0 bridgehead atoms. The Kier molecular flexibility index (Phi) is 5.63. The highest BCUT2D eigenvalue weighted by molar-refractivity contribution is 5.82. The number of rotatable bonds is 8. The molecule has 1 saturated carbocycles. The van der Waals surface area contributed by atoms with Gasteiger partial charge in [-0.2, -0.15) is 0 Å². The van der Waals surface area contributed by atoms with Gasteiger partial charge in [0.25, 0.3) is 0 Å². The summed E-state index contributed by atoms with van der Waals surface area (Å²) in [6.45, 7) is 6.68. The fraction of sp³-hybridized carbons (Fsp3) is 0.857. The highest BCUT2D eigenvalue weighted by Gasteiger charge is 2.41. The number of carbonyl (C=O) groups excluding carboxylic acids is 1. The maximum atomic E-state index is 11.7. The van der Waals surface area contributed by atoms with Crippen LogP contribution >= 0.6 is 0 Å². The topological polar surface area (TPSA) is 78.4 Å². The number of nitrogens with one attached hydrogen (secondary N) is 2. The van der Waals surface area contributed by atoms with Gasteiger partial charge in [-0.05, 0) is 37.0 Å². The lowest BCUT2D eigenvalue weighted by Gasteiger charge is -2.19. The summed E-state index contributed by atoms with van der Waals surface area (Å²) in [6, 6.07) is -1.17. The van der Waals surface area contributed by atoms with Gasteiger partial charge in [0.05, 0.1) is 0 Å². The van der Waals surface area contributed by atoms with Gasteiger partial charge in [-0.3, -0.25) is 0 Å². The van der Waals surface area contributed by atoms with Crippen LogP contribution in [0.25, 0.3) is 0 Å². The molecule has 5 nitrogen and oxygen atoms in total. The minimum absolute atomic E-state index is 0.233. The van der Waals surface area contributed by atoms with Crippen molar-refractivity contribution < 1.29 is 14.7 Å². The molecule has 1 atom stereocenters. The molecule has 5 heteroatoms. The van der Waals surface area contributed by atoms with Gasteiger partial charge in [-0.1, -0.05) is 27.2 Å². The summed E-state index contributed by atoms with van der Waals surface area (Å²) in [5.74, 6) is -0.741. The van der Waals surface area contributed by atoms with E-state index in [2.05, 4.69) is 17.6 Å². The summed E-state index contributed by atoms with van der Waals surface area (Å²) in [7, 11) is 0. The molecule has 1 rings (SSSR count). The molecule has 0 spiro atoms. The van der Waals surface area contributed by atoms with E-state index in [0.29, 0.717) is 13.0 Å². The molecule has 0 heterocycles. The first kappa shape index (κ1) is 15.8. The van der Waals surface area contributed by atoms with Crippen molar-refractivity contribution in [1.82, 2.24) is 10.6 Å². The molecule has 0 radical (unpaired) electrons. The second kappa shape index (κ2) is 6.78. The lowest BCUT2D eigenvalue weighted by atomic mass is 10.0. The van der Waals surface area contributed by atoms with E-state index in [1.807, 2.05) is 13.8 Å². The van der Waals surface area contributed by atoms with Crippen LogP contribution in [0.2, 0.25) is 0 Å². The first-order valence-electron chi connectivity index (χ1n) is 7.16. The van der Waals surface area contributed by atoms with E-state index in [1.54, 1.807) is 0 Å². The van der Waals surface area contributed by atoms with E-state index < -0.39 is 12.0 Å². The number of urea groups is 1. The van der Waals surface area contributed by atoms with Crippen molar-refractivity contribution in [3.8, 4) is 0 Å². The monoisotopic (exact) mass is 270 g/mol. The minimum atomic E-state index is -0.974. The van der Waals surface area contributed by atoms with Gasteiger partial charge < -0.3 is 15.7 Å². The highest BCUT2D eigenvalue weighted by atomic mass is 16.4. The maximum absolute atomic E-state index is 11.7. The highest BCUT2D eigenvalue weighted by Crippen LogP contribution is 2.48. The maximum Gasteiger partial charge on any atom is 0.326 e. The largest absolute Gasteiger partial charge is 0.480 e. The zero-order valence-corrected chi connectivity index (χ0v) is 12.2. The second-order valence-electron chi connectivity index (χ2n) is 6.10. The molecule has 110 valence electrons. The Morgan fingerprint density at radius 3 is 2.37 bits per heavy atom. The average molecular weight is 270 g/mol. The first-order valence-corrected chi connectivity index (χ1v) is 7.16. The van der Waals surface area contributed by atoms with Crippen LogP contribution in [0.1, 0.15) is 52.9 Å². The van der Waals surface area contributed by atoms with Crippen LogP contribution in [-0.4, -0.2) is 29.7 Å². The van der Waals surface area contributed by atoms with E-state index in [1.165, 1.54) is 0 Å². The molecule has 0 aromatic rings. The Hall–Kier alpha value is -1.26. The Bertz CT molecular complexity index is 325. The first-order chi connectivity index (χ1) is 8.88. The van der Waals surface area contributed by atoms with E-state index >= 15 is 0 Å². The lowest BCUT2D eigenvalue weighted by Crippen LogP contribution is -2.47. The zero-order valence-electron chi connectivity index (χ0n) is 12.2. The van der Waals surface area contributed by atoms with Gasteiger partial charge in [0, 0.05) is 6.54 Å². The van der Waals surface area contributed by atoms with Crippen molar-refractivity contribution in [1.29, 1.82) is 0 Å². The Balaban J connectivity index is 2.34. The SMILES string of the molecule is CCCC1(CNC(=O)NC(CC(C)C)C(=O)O)CC1. The van der Waals surface area contributed by atoms with Crippen LogP contribution in [0.5, 0.6) is 0 Å². The van der Waals surface area contributed by atoms with Crippen molar-refractivity contribution >= 4 is 12.0 Å². The van der Waals surface area contributed by atoms with E-state index in [4.69, 9.17) is 5.11 Å². The van der Waals surface area contributed by atoms with Crippen LogP contribution in [-0.2, 0) is 4.79 Å². The summed E-state index contributed by atoms with van der Waals surface area (Å²) in [5, 5.41) is 14.4. The summed E-state index contributed by atoms with van der Waals surface area (Å²) >= 11 is 0. The molecular weight excluding hydrogens is 244 g/mol. The normalized spacial score (nSPS) is 17.9. The van der Waals surface area contributed by atoms with Gasteiger partial charge in [0.1, 0.15) is 6.04 Å². The molecule has 1 aliphatic rings. The van der Waals surface area contributed by atoms with Crippen molar-refractivity contribution in [3.05, 3.63) is 0 Å².